The van der Waals surface area contributed by atoms with Crippen molar-refractivity contribution in [1.82, 2.24) is 4.90 Å². The molecule has 0 saturated carbocycles. The maximum absolute atomic E-state index is 12.3. The molecule has 0 spiro atoms. The number of likely N-dealkylation sites (N-methyl/N-ethyl adjacent to an activating group) is 1. The van der Waals surface area contributed by atoms with Crippen LogP contribution in [0, 0.1) is 0 Å². The van der Waals surface area contributed by atoms with Crippen molar-refractivity contribution in [2.24, 2.45) is 0 Å². The van der Waals surface area contributed by atoms with Gasteiger partial charge in [-0.15, -0.1) is 11.3 Å². The summed E-state index contributed by atoms with van der Waals surface area (Å²) < 4.78 is 0.744. The first kappa shape index (κ1) is 14.7. The molecule has 0 aliphatic carbocycles. The topological polar surface area (TPSA) is 20.3 Å². The van der Waals surface area contributed by atoms with Gasteiger partial charge in [-0.05, 0) is 39.1 Å². The summed E-state index contributed by atoms with van der Waals surface area (Å²) in [7, 11) is 0. The predicted molar refractivity (Wildman–Crippen MR) is 75.0 cm³/mol. The minimum atomic E-state index is -0.403. The molecule has 1 heterocycles. The smallest absolute Gasteiger partial charge is 0.157 e. The van der Waals surface area contributed by atoms with Crippen LogP contribution in [-0.4, -0.2) is 29.3 Å². The molecule has 0 atom stereocenters. The summed E-state index contributed by atoms with van der Waals surface area (Å²) >= 11 is 7.36. The molecule has 2 nitrogen and oxygen atoms in total. The zero-order chi connectivity index (χ0) is 13.1. The van der Waals surface area contributed by atoms with Gasteiger partial charge < -0.3 is 0 Å². The van der Waals surface area contributed by atoms with Crippen molar-refractivity contribution in [3.8, 4) is 0 Å². The highest BCUT2D eigenvalue weighted by molar-refractivity contribution is 7.16. The van der Waals surface area contributed by atoms with Crippen LogP contribution in [0.5, 0.6) is 0 Å². The van der Waals surface area contributed by atoms with Gasteiger partial charge in [-0.2, -0.15) is 0 Å². The van der Waals surface area contributed by atoms with Crippen molar-refractivity contribution in [3.63, 3.8) is 0 Å². The highest BCUT2D eigenvalue weighted by Crippen LogP contribution is 2.24. The van der Waals surface area contributed by atoms with Gasteiger partial charge in [0.25, 0.3) is 0 Å². The Kier molecular flexibility index (Phi) is 5.17. The summed E-state index contributed by atoms with van der Waals surface area (Å²) in [4.78, 5) is 15.6. The van der Waals surface area contributed by atoms with E-state index in [1.165, 1.54) is 11.3 Å². The van der Waals surface area contributed by atoms with Gasteiger partial charge in [0.1, 0.15) is 0 Å². The predicted octanol–water partition coefficient (Wildman–Crippen LogP) is 3.63. The van der Waals surface area contributed by atoms with Gasteiger partial charge in [-0.3, -0.25) is 9.69 Å². The second-order valence-electron chi connectivity index (χ2n) is 4.54. The zero-order valence-electron chi connectivity index (χ0n) is 10.9. The van der Waals surface area contributed by atoms with Crippen molar-refractivity contribution in [2.45, 2.75) is 39.7 Å². The number of hydrogen-bond acceptors (Lipinski definition) is 3. The van der Waals surface area contributed by atoms with E-state index < -0.39 is 5.54 Å². The molecule has 0 aliphatic rings. The maximum atomic E-state index is 12.3. The molecule has 0 aliphatic heterocycles. The number of rotatable bonds is 6. The molecule has 17 heavy (non-hydrogen) atoms. The molecule has 0 fully saturated rings. The lowest BCUT2D eigenvalue weighted by atomic mass is 9.94. The minimum Gasteiger partial charge on any atom is -0.297 e. The van der Waals surface area contributed by atoms with Crippen molar-refractivity contribution in [3.05, 3.63) is 21.3 Å². The van der Waals surface area contributed by atoms with Gasteiger partial charge in [0.05, 0.1) is 9.88 Å². The SMILES string of the molecule is CCN(CC)C(C)(C)C(=O)Cc1ccc(Cl)s1. The number of hydrogen-bond donors (Lipinski definition) is 0. The molecule has 0 saturated heterocycles. The Balaban J connectivity index is 2.75. The van der Waals surface area contributed by atoms with E-state index in [2.05, 4.69) is 18.7 Å². The fraction of sp³-hybridized carbons (Fsp3) is 0.615. The molecule has 96 valence electrons. The number of Topliss-reactive ketones (excluding diaryl/α,β-unsaturated/α-hetero) is 1. The molecule has 0 aromatic carbocycles. The van der Waals surface area contributed by atoms with E-state index in [9.17, 15) is 4.79 Å². The first-order chi connectivity index (χ1) is 7.91. The largest absolute Gasteiger partial charge is 0.297 e. The number of thiophene rings is 1. The van der Waals surface area contributed by atoms with Crippen LogP contribution in [0.4, 0.5) is 0 Å². The number of ketones is 1. The average Bonchev–Trinajstić information content (AvgIpc) is 2.65. The Labute approximate surface area is 113 Å². The zero-order valence-corrected chi connectivity index (χ0v) is 12.5. The van der Waals surface area contributed by atoms with Crippen molar-refractivity contribution >= 4 is 28.7 Å². The molecule has 0 unspecified atom stereocenters. The summed E-state index contributed by atoms with van der Waals surface area (Å²) in [6.07, 6.45) is 0.473. The lowest BCUT2D eigenvalue weighted by Crippen LogP contribution is -2.50. The summed E-state index contributed by atoms with van der Waals surface area (Å²) in [6.45, 7) is 9.94. The van der Waals surface area contributed by atoms with Gasteiger partial charge in [-0.25, -0.2) is 0 Å². The molecule has 0 amide bonds. The van der Waals surface area contributed by atoms with Crippen LogP contribution in [0.15, 0.2) is 12.1 Å². The number of nitrogens with zero attached hydrogens (tertiary/aromatic N) is 1. The molecule has 1 rings (SSSR count). The summed E-state index contributed by atoms with van der Waals surface area (Å²) in [5, 5.41) is 0. The van der Waals surface area contributed by atoms with Crippen molar-refractivity contribution < 1.29 is 4.79 Å². The summed E-state index contributed by atoms with van der Waals surface area (Å²) in [5.41, 5.74) is -0.403. The number of halogens is 1. The standard InChI is InChI=1S/C13H20ClNOS/c1-5-15(6-2)13(3,4)11(16)9-10-7-8-12(14)17-10/h7-8H,5-6,9H2,1-4H3. The normalized spacial score (nSPS) is 12.1. The lowest BCUT2D eigenvalue weighted by molar-refractivity contribution is -0.128. The Hall–Kier alpha value is -0.380. The average molecular weight is 274 g/mol. The monoisotopic (exact) mass is 273 g/mol. The third kappa shape index (κ3) is 3.54. The summed E-state index contributed by atoms with van der Waals surface area (Å²) in [5.74, 6) is 0.250. The second-order valence-corrected chi connectivity index (χ2v) is 6.34. The Morgan fingerprint density at radius 1 is 1.35 bits per heavy atom. The quantitative estimate of drug-likeness (QED) is 0.789. The van der Waals surface area contributed by atoms with Crippen LogP contribution in [-0.2, 0) is 11.2 Å². The first-order valence-corrected chi connectivity index (χ1v) is 7.13. The van der Waals surface area contributed by atoms with Gasteiger partial charge in [-0.1, -0.05) is 25.4 Å². The second kappa shape index (κ2) is 5.98. The Morgan fingerprint density at radius 3 is 2.35 bits per heavy atom. The van der Waals surface area contributed by atoms with Crippen LogP contribution in [0.2, 0.25) is 4.34 Å². The molecular weight excluding hydrogens is 254 g/mol. The van der Waals surface area contributed by atoms with Crippen LogP contribution >= 0.6 is 22.9 Å². The number of carbonyl (C=O) groups excluding carboxylic acids is 1. The Bertz CT molecular complexity index is 383. The highest BCUT2D eigenvalue weighted by atomic mass is 35.5. The maximum Gasteiger partial charge on any atom is 0.157 e. The van der Waals surface area contributed by atoms with Crippen molar-refractivity contribution in [2.75, 3.05) is 13.1 Å². The molecule has 1 aromatic rings. The van der Waals surface area contributed by atoms with Crippen LogP contribution in [0.1, 0.15) is 32.6 Å². The lowest BCUT2D eigenvalue weighted by Gasteiger charge is -2.35. The van der Waals surface area contributed by atoms with E-state index in [1.54, 1.807) is 0 Å². The molecule has 1 aromatic heterocycles. The van der Waals surface area contributed by atoms with Crippen LogP contribution < -0.4 is 0 Å². The van der Waals surface area contributed by atoms with Crippen LogP contribution in [0.3, 0.4) is 0 Å². The van der Waals surface area contributed by atoms with E-state index >= 15 is 0 Å². The summed E-state index contributed by atoms with van der Waals surface area (Å²) in [6, 6.07) is 3.78. The van der Waals surface area contributed by atoms with Gasteiger partial charge in [0.2, 0.25) is 0 Å². The third-order valence-corrected chi connectivity index (χ3v) is 4.43. The van der Waals surface area contributed by atoms with Gasteiger partial charge in [0, 0.05) is 11.3 Å². The molecular formula is C13H20ClNOS. The Morgan fingerprint density at radius 2 is 1.94 bits per heavy atom. The molecule has 4 heteroatoms. The molecule has 0 bridgehead atoms. The number of carbonyl (C=O) groups is 1. The minimum absolute atomic E-state index is 0.250. The third-order valence-electron chi connectivity index (χ3n) is 3.20. The molecule has 0 radical (unpaired) electrons. The van der Waals surface area contributed by atoms with E-state index in [0.717, 1.165) is 22.3 Å². The fourth-order valence-corrected chi connectivity index (χ4v) is 3.10. The van der Waals surface area contributed by atoms with Gasteiger partial charge in [0.15, 0.2) is 5.78 Å². The van der Waals surface area contributed by atoms with Crippen molar-refractivity contribution in [1.29, 1.82) is 0 Å². The first-order valence-electron chi connectivity index (χ1n) is 5.94. The molecule has 0 N–H and O–H groups in total. The van der Waals surface area contributed by atoms with Gasteiger partial charge >= 0.3 is 0 Å². The van der Waals surface area contributed by atoms with Crippen LogP contribution in [0.25, 0.3) is 0 Å². The highest BCUT2D eigenvalue weighted by Gasteiger charge is 2.32. The van der Waals surface area contributed by atoms with E-state index in [4.69, 9.17) is 11.6 Å². The van der Waals surface area contributed by atoms with E-state index in [1.807, 2.05) is 26.0 Å². The van der Waals surface area contributed by atoms with E-state index in [-0.39, 0.29) is 5.78 Å². The fourth-order valence-electron chi connectivity index (χ4n) is 2.01. The van der Waals surface area contributed by atoms with E-state index in [0.29, 0.717) is 6.42 Å².